The Hall–Kier alpha value is -2.44. The van der Waals surface area contributed by atoms with Crippen molar-refractivity contribution in [1.29, 1.82) is 0 Å². The standard InChI is InChI=1S/C20H18N2O3S/c23-20-15(19-22-16-3-1-2-4-18(16)26-19)9-12-5-6-13(10-17(12)25-20)24-14-7-8-21-11-14/h1-6,10,14-15,21H,7-9,11H2/t14-,15?/m1/s1. The van der Waals surface area contributed by atoms with E-state index in [2.05, 4.69) is 10.3 Å². The predicted molar refractivity (Wildman–Crippen MR) is 100 cm³/mol. The van der Waals surface area contributed by atoms with Crippen molar-refractivity contribution in [2.75, 3.05) is 13.1 Å². The summed E-state index contributed by atoms with van der Waals surface area (Å²) in [5, 5.41) is 4.10. The summed E-state index contributed by atoms with van der Waals surface area (Å²) < 4.78 is 12.7. The molecule has 2 aliphatic heterocycles. The van der Waals surface area contributed by atoms with Crippen molar-refractivity contribution >= 4 is 27.5 Å². The van der Waals surface area contributed by atoms with Gasteiger partial charge in [0.15, 0.2) is 0 Å². The SMILES string of the molecule is O=C1Oc2cc(O[C@@H]3CCNC3)ccc2CC1c1nc2ccccc2s1. The monoisotopic (exact) mass is 366 g/mol. The summed E-state index contributed by atoms with van der Waals surface area (Å²) in [6, 6.07) is 13.7. The van der Waals surface area contributed by atoms with Gasteiger partial charge in [-0.2, -0.15) is 0 Å². The highest BCUT2D eigenvalue weighted by atomic mass is 32.1. The molecule has 1 saturated heterocycles. The van der Waals surface area contributed by atoms with E-state index in [4.69, 9.17) is 9.47 Å². The highest BCUT2D eigenvalue weighted by molar-refractivity contribution is 7.18. The Morgan fingerprint density at radius 3 is 3.00 bits per heavy atom. The highest BCUT2D eigenvalue weighted by Crippen LogP contribution is 2.38. The van der Waals surface area contributed by atoms with Crippen LogP contribution in [0.3, 0.4) is 0 Å². The molecule has 5 nitrogen and oxygen atoms in total. The van der Waals surface area contributed by atoms with Gasteiger partial charge in [0.05, 0.1) is 10.2 Å². The second kappa shape index (κ2) is 6.37. The van der Waals surface area contributed by atoms with Crippen LogP contribution >= 0.6 is 11.3 Å². The number of benzene rings is 2. The van der Waals surface area contributed by atoms with Crippen LogP contribution in [0.1, 0.15) is 22.9 Å². The first-order valence-corrected chi connectivity index (χ1v) is 9.65. The zero-order valence-corrected chi connectivity index (χ0v) is 14.9. The van der Waals surface area contributed by atoms with Crippen molar-refractivity contribution in [3.8, 4) is 11.5 Å². The van der Waals surface area contributed by atoms with Gasteiger partial charge in [0, 0.05) is 12.6 Å². The van der Waals surface area contributed by atoms with Gasteiger partial charge in [-0.1, -0.05) is 18.2 Å². The molecule has 2 aliphatic rings. The fourth-order valence-electron chi connectivity index (χ4n) is 3.50. The number of hydrogen-bond acceptors (Lipinski definition) is 6. The Balaban J connectivity index is 1.40. The predicted octanol–water partition coefficient (Wildman–Crippen LogP) is 3.28. The number of ether oxygens (including phenoxy) is 2. The fraction of sp³-hybridized carbons (Fsp3) is 0.300. The van der Waals surface area contributed by atoms with Crippen LogP contribution in [0.4, 0.5) is 0 Å². The first-order valence-electron chi connectivity index (χ1n) is 8.84. The maximum Gasteiger partial charge on any atom is 0.321 e. The van der Waals surface area contributed by atoms with Gasteiger partial charge in [0.1, 0.15) is 28.5 Å². The first-order chi connectivity index (χ1) is 12.8. The Bertz CT molecular complexity index is 945. The lowest BCUT2D eigenvalue weighted by atomic mass is 9.96. The topological polar surface area (TPSA) is 60.5 Å². The van der Waals surface area contributed by atoms with Gasteiger partial charge < -0.3 is 14.8 Å². The van der Waals surface area contributed by atoms with Crippen LogP contribution in [0.15, 0.2) is 42.5 Å². The molecule has 0 aliphatic carbocycles. The molecule has 1 N–H and O–H groups in total. The zero-order valence-electron chi connectivity index (χ0n) is 14.1. The molecule has 132 valence electrons. The summed E-state index contributed by atoms with van der Waals surface area (Å²) in [6.45, 7) is 1.84. The molecule has 0 spiro atoms. The van der Waals surface area contributed by atoms with E-state index in [1.165, 1.54) is 0 Å². The van der Waals surface area contributed by atoms with Crippen LogP contribution in [0.5, 0.6) is 11.5 Å². The second-order valence-corrected chi connectivity index (χ2v) is 7.76. The van der Waals surface area contributed by atoms with E-state index in [-0.39, 0.29) is 18.0 Å². The third-order valence-electron chi connectivity index (χ3n) is 4.88. The molecule has 1 fully saturated rings. The van der Waals surface area contributed by atoms with Crippen molar-refractivity contribution in [3.05, 3.63) is 53.0 Å². The number of fused-ring (bicyclic) bond motifs is 2. The largest absolute Gasteiger partial charge is 0.489 e. The maximum atomic E-state index is 12.6. The van der Waals surface area contributed by atoms with Gasteiger partial charge in [-0.15, -0.1) is 11.3 Å². The van der Waals surface area contributed by atoms with E-state index < -0.39 is 0 Å². The van der Waals surface area contributed by atoms with Crippen LogP contribution in [-0.4, -0.2) is 30.1 Å². The van der Waals surface area contributed by atoms with Crippen molar-refractivity contribution in [3.63, 3.8) is 0 Å². The molecule has 3 heterocycles. The van der Waals surface area contributed by atoms with Crippen LogP contribution < -0.4 is 14.8 Å². The van der Waals surface area contributed by atoms with Gasteiger partial charge in [-0.05, 0) is 43.1 Å². The van der Waals surface area contributed by atoms with Gasteiger partial charge in [0.25, 0.3) is 0 Å². The lowest BCUT2D eigenvalue weighted by Gasteiger charge is -2.23. The van der Waals surface area contributed by atoms with Gasteiger partial charge in [0.2, 0.25) is 0 Å². The summed E-state index contributed by atoms with van der Waals surface area (Å²) in [4.78, 5) is 17.2. The zero-order chi connectivity index (χ0) is 17.5. The maximum absolute atomic E-state index is 12.6. The van der Waals surface area contributed by atoms with Crippen LogP contribution in [0.25, 0.3) is 10.2 Å². The Morgan fingerprint density at radius 1 is 1.23 bits per heavy atom. The molecule has 2 atom stereocenters. The molecule has 26 heavy (non-hydrogen) atoms. The molecular formula is C20H18N2O3S. The van der Waals surface area contributed by atoms with E-state index in [0.717, 1.165) is 46.0 Å². The smallest absolute Gasteiger partial charge is 0.321 e. The molecule has 2 aromatic carbocycles. The molecule has 3 aromatic rings. The van der Waals surface area contributed by atoms with Gasteiger partial charge in [-0.25, -0.2) is 4.98 Å². The average molecular weight is 366 g/mol. The Kier molecular flexibility index (Phi) is 3.87. The molecule has 0 amide bonds. The molecule has 1 unspecified atom stereocenters. The fourth-order valence-corrected chi connectivity index (χ4v) is 4.56. The third-order valence-corrected chi connectivity index (χ3v) is 6.03. The van der Waals surface area contributed by atoms with Gasteiger partial charge >= 0.3 is 5.97 Å². The van der Waals surface area contributed by atoms with Gasteiger partial charge in [-0.3, -0.25) is 4.79 Å². The minimum atomic E-state index is -0.342. The number of nitrogens with zero attached hydrogens (tertiary/aromatic N) is 1. The van der Waals surface area contributed by atoms with Crippen molar-refractivity contribution < 1.29 is 14.3 Å². The molecule has 0 bridgehead atoms. The molecular weight excluding hydrogens is 348 g/mol. The first kappa shape index (κ1) is 15.8. The Labute approximate surface area is 155 Å². The normalized spacial score (nSPS) is 22.2. The highest BCUT2D eigenvalue weighted by Gasteiger charge is 2.32. The van der Waals surface area contributed by atoms with Crippen LogP contribution in [0.2, 0.25) is 0 Å². The number of thiazole rings is 1. The van der Waals surface area contributed by atoms with Crippen molar-refractivity contribution in [2.24, 2.45) is 0 Å². The summed E-state index contributed by atoms with van der Waals surface area (Å²) in [6.07, 6.45) is 1.79. The summed E-state index contributed by atoms with van der Waals surface area (Å²) >= 11 is 1.56. The minimum absolute atomic E-state index is 0.183. The average Bonchev–Trinajstić information content (AvgIpc) is 3.30. The van der Waals surface area contributed by atoms with E-state index in [1.54, 1.807) is 11.3 Å². The van der Waals surface area contributed by atoms with E-state index >= 15 is 0 Å². The summed E-state index contributed by atoms with van der Waals surface area (Å²) in [7, 11) is 0. The van der Waals surface area contributed by atoms with Crippen molar-refractivity contribution in [2.45, 2.75) is 24.9 Å². The molecule has 0 radical (unpaired) electrons. The van der Waals surface area contributed by atoms with E-state index in [0.29, 0.717) is 12.2 Å². The number of para-hydroxylation sites is 1. The van der Waals surface area contributed by atoms with E-state index in [1.807, 2.05) is 42.5 Å². The quantitative estimate of drug-likeness (QED) is 0.569. The van der Waals surface area contributed by atoms with E-state index in [9.17, 15) is 4.79 Å². The Morgan fingerprint density at radius 2 is 2.15 bits per heavy atom. The number of nitrogens with one attached hydrogen (secondary N) is 1. The van der Waals surface area contributed by atoms with Crippen LogP contribution in [0, 0.1) is 0 Å². The molecule has 6 heteroatoms. The lowest BCUT2D eigenvalue weighted by molar-refractivity contribution is -0.137. The lowest BCUT2D eigenvalue weighted by Crippen LogP contribution is -2.26. The molecule has 0 saturated carbocycles. The number of rotatable bonds is 3. The number of esters is 1. The summed E-state index contributed by atoms with van der Waals surface area (Å²) in [5.74, 6) is 0.779. The van der Waals surface area contributed by atoms with Crippen molar-refractivity contribution in [1.82, 2.24) is 10.3 Å². The third kappa shape index (κ3) is 2.85. The number of hydrogen-bond donors (Lipinski definition) is 1. The van der Waals surface area contributed by atoms with Crippen LogP contribution in [-0.2, 0) is 11.2 Å². The number of carbonyl (C=O) groups excluding carboxylic acids is 1. The number of carbonyl (C=O) groups is 1. The summed E-state index contributed by atoms with van der Waals surface area (Å²) in [5.41, 5.74) is 1.95. The molecule has 1 aromatic heterocycles. The number of aromatic nitrogens is 1. The minimum Gasteiger partial charge on any atom is -0.489 e. The second-order valence-electron chi connectivity index (χ2n) is 6.70. The molecule has 5 rings (SSSR count).